The van der Waals surface area contributed by atoms with Crippen LogP contribution >= 0.6 is 0 Å². The number of carbonyl (C=O) groups is 1. The van der Waals surface area contributed by atoms with Gasteiger partial charge in [-0.25, -0.2) is 0 Å². The lowest BCUT2D eigenvalue weighted by atomic mass is 10.0. The number of Topliss-reactive ketones (excluding diaryl/α,β-unsaturated/α-hetero) is 1. The number of pyridine rings is 1. The Morgan fingerprint density at radius 3 is 2.81 bits per heavy atom. The molecule has 0 radical (unpaired) electrons. The van der Waals surface area contributed by atoms with Gasteiger partial charge in [0.2, 0.25) is 5.75 Å². The zero-order chi connectivity index (χ0) is 14.7. The monoisotopic (exact) mass is 285 g/mol. The molecule has 0 aliphatic carbocycles. The van der Waals surface area contributed by atoms with Gasteiger partial charge in [-0.1, -0.05) is 0 Å². The molecular formula is C16H15NO4. The molecule has 21 heavy (non-hydrogen) atoms. The van der Waals surface area contributed by atoms with Crippen molar-refractivity contribution in [2.75, 3.05) is 13.7 Å². The molecule has 0 spiro atoms. The van der Waals surface area contributed by atoms with Gasteiger partial charge in [-0.15, -0.1) is 0 Å². The number of nitrogens with zero attached hydrogens (tertiary/aromatic N) is 1. The van der Waals surface area contributed by atoms with Crippen molar-refractivity contribution in [2.45, 2.75) is 13.0 Å². The first-order valence-corrected chi connectivity index (χ1v) is 6.68. The summed E-state index contributed by atoms with van der Waals surface area (Å²) in [6.45, 7) is 0.765. The SMILES string of the molecule is COc1c(OCc2ccncc2)ccc2c1OCCC2=O. The van der Waals surface area contributed by atoms with E-state index >= 15 is 0 Å². The van der Waals surface area contributed by atoms with Crippen LogP contribution in [-0.4, -0.2) is 24.5 Å². The number of carbonyl (C=O) groups excluding carboxylic acids is 1. The van der Waals surface area contributed by atoms with Gasteiger partial charge in [0.1, 0.15) is 6.61 Å². The summed E-state index contributed by atoms with van der Waals surface area (Å²) in [6, 6.07) is 7.22. The van der Waals surface area contributed by atoms with E-state index in [0.717, 1.165) is 5.56 Å². The fourth-order valence-electron chi connectivity index (χ4n) is 2.23. The molecule has 0 amide bonds. The number of methoxy groups -OCH3 is 1. The van der Waals surface area contributed by atoms with E-state index in [-0.39, 0.29) is 5.78 Å². The average molecular weight is 285 g/mol. The summed E-state index contributed by atoms with van der Waals surface area (Å²) < 4.78 is 16.7. The maximum absolute atomic E-state index is 11.9. The number of hydrogen-bond donors (Lipinski definition) is 0. The predicted octanol–water partition coefficient (Wildman–Crippen LogP) is 2.63. The molecule has 1 aliphatic rings. The number of ketones is 1. The van der Waals surface area contributed by atoms with Crippen LogP contribution in [0.3, 0.4) is 0 Å². The second-order valence-corrected chi connectivity index (χ2v) is 4.64. The molecule has 2 aromatic rings. The Balaban J connectivity index is 1.87. The molecule has 2 heterocycles. The van der Waals surface area contributed by atoms with Gasteiger partial charge in [-0.3, -0.25) is 9.78 Å². The third-order valence-corrected chi connectivity index (χ3v) is 3.30. The molecule has 1 aliphatic heterocycles. The molecule has 108 valence electrons. The zero-order valence-corrected chi connectivity index (χ0v) is 11.7. The van der Waals surface area contributed by atoms with E-state index in [4.69, 9.17) is 14.2 Å². The van der Waals surface area contributed by atoms with Crippen LogP contribution in [0, 0.1) is 0 Å². The zero-order valence-electron chi connectivity index (χ0n) is 11.7. The van der Waals surface area contributed by atoms with E-state index in [2.05, 4.69) is 4.98 Å². The van der Waals surface area contributed by atoms with Crippen molar-refractivity contribution in [3.63, 3.8) is 0 Å². The Bertz CT molecular complexity index is 655. The Morgan fingerprint density at radius 1 is 1.24 bits per heavy atom. The number of rotatable bonds is 4. The third-order valence-electron chi connectivity index (χ3n) is 3.30. The maximum atomic E-state index is 11.9. The molecule has 0 saturated heterocycles. The molecule has 0 saturated carbocycles. The maximum Gasteiger partial charge on any atom is 0.204 e. The van der Waals surface area contributed by atoms with Crippen LogP contribution in [-0.2, 0) is 6.61 Å². The van der Waals surface area contributed by atoms with Crippen molar-refractivity contribution in [1.82, 2.24) is 4.98 Å². The summed E-state index contributed by atoms with van der Waals surface area (Å²) in [5.41, 5.74) is 1.55. The van der Waals surface area contributed by atoms with Gasteiger partial charge in [0.15, 0.2) is 17.3 Å². The minimum absolute atomic E-state index is 0.0650. The van der Waals surface area contributed by atoms with Gasteiger partial charge in [0.05, 0.1) is 19.3 Å². The number of aromatic nitrogens is 1. The van der Waals surface area contributed by atoms with Crippen LogP contribution in [0.1, 0.15) is 22.3 Å². The van der Waals surface area contributed by atoms with Crippen LogP contribution in [0.25, 0.3) is 0 Å². The van der Waals surface area contributed by atoms with E-state index in [0.29, 0.717) is 42.4 Å². The molecule has 1 aromatic heterocycles. The van der Waals surface area contributed by atoms with E-state index in [1.54, 1.807) is 24.5 Å². The smallest absolute Gasteiger partial charge is 0.204 e. The van der Waals surface area contributed by atoms with Gasteiger partial charge in [0, 0.05) is 18.8 Å². The van der Waals surface area contributed by atoms with Gasteiger partial charge >= 0.3 is 0 Å². The fourth-order valence-corrected chi connectivity index (χ4v) is 2.23. The minimum atomic E-state index is 0.0650. The van der Waals surface area contributed by atoms with Crippen molar-refractivity contribution in [3.8, 4) is 17.2 Å². The quantitative estimate of drug-likeness (QED) is 0.864. The van der Waals surface area contributed by atoms with Crippen molar-refractivity contribution in [3.05, 3.63) is 47.8 Å². The normalized spacial score (nSPS) is 13.3. The topological polar surface area (TPSA) is 57.6 Å². The van der Waals surface area contributed by atoms with Crippen molar-refractivity contribution >= 4 is 5.78 Å². The highest BCUT2D eigenvalue weighted by Crippen LogP contribution is 2.42. The van der Waals surface area contributed by atoms with E-state index in [1.165, 1.54) is 7.11 Å². The first kappa shape index (κ1) is 13.4. The number of ether oxygens (including phenoxy) is 3. The van der Waals surface area contributed by atoms with Crippen LogP contribution in [0.4, 0.5) is 0 Å². The molecule has 1 aromatic carbocycles. The summed E-state index contributed by atoms with van der Waals surface area (Å²) in [5.74, 6) is 1.56. The van der Waals surface area contributed by atoms with E-state index < -0.39 is 0 Å². The summed E-state index contributed by atoms with van der Waals surface area (Å²) >= 11 is 0. The standard InChI is InChI=1S/C16H15NO4/c1-19-16-14(21-10-11-4-7-17-8-5-11)3-2-12-13(18)6-9-20-15(12)16/h2-5,7-8H,6,9-10H2,1H3. The molecular weight excluding hydrogens is 270 g/mol. The number of benzene rings is 1. The lowest BCUT2D eigenvalue weighted by molar-refractivity contribution is 0.0929. The Labute approximate surface area is 122 Å². The summed E-state index contributed by atoms with van der Waals surface area (Å²) in [5, 5.41) is 0. The summed E-state index contributed by atoms with van der Waals surface area (Å²) in [6.07, 6.45) is 3.82. The Hall–Kier alpha value is -2.56. The largest absolute Gasteiger partial charge is 0.490 e. The van der Waals surface area contributed by atoms with Gasteiger partial charge in [-0.2, -0.15) is 0 Å². The van der Waals surface area contributed by atoms with Gasteiger partial charge < -0.3 is 14.2 Å². The Kier molecular flexibility index (Phi) is 3.73. The van der Waals surface area contributed by atoms with Crippen molar-refractivity contribution in [1.29, 1.82) is 0 Å². The molecule has 0 fully saturated rings. The highest BCUT2D eigenvalue weighted by Gasteiger charge is 2.25. The minimum Gasteiger partial charge on any atom is -0.490 e. The predicted molar refractivity (Wildman–Crippen MR) is 76.0 cm³/mol. The van der Waals surface area contributed by atoms with Crippen LogP contribution in [0.15, 0.2) is 36.7 Å². The molecule has 5 nitrogen and oxygen atoms in total. The molecule has 0 bridgehead atoms. The first-order chi connectivity index (χ1) is 10.3. The second kappa shape index (κ2) is 5.83. The highest BCUT2D eigenvalue weighted by atomic mass is 16.5. The first-order valence-electron chi connectivity index (χ1n) is 6.68. The summed E-state index contributed by atoms with van der Waals surface area (Å²) in [7, 11) is 1.54. The van der Waals surface area contributed by atoms with Crippen LogP contribution in [0.2, 0.25) is 0 Å². The lowest BCUT2D eigenvalue weighted by Crippen LogP contribution is -2.16. The number of hydrogen-bond acceptors (Lipinski definition) is 5. The van der Waals surface area contributed by atoms with Crippen molar-refractivity contribution in [2.24, 2.45) is 0 Å². The van der Waals surface area contributed by atoms with Crippen LogP contribution in [0.5, 0.6) is 17.2 Å². The Morgan fingerprint density at radius 2 is 2.05 bits per heavy atom. The highest BCUT2D eigenvalue weighted by molar-refractivity contribution is 6.00. The second-order valence-electron chi connectivity index (χ2n) is 4.64. The van der Waals surface area contributed by atoms with E-state index in [9.17, 15) is 4.79 Å². The molecule has 0 atom stereocenters. The third kappa shape index (κ3) is 2.67. The van der Waals surface area contributed by atoms with Crippen molar-refractivity contribution < 1.29 is 19.0 Å². The van der Waals surface area contributed by atoms with Crippen LogP contribution < -0.4 is 14.2 Å². The molecule has 0 N–H and O–H groups in total. The molecule has 0 unspecified atom stereocenters. The van der Waals surface area contributed by atoms with Gasteiger partial charge in [-0.05, 0) is 29.8 Å². The van der Waals surface area contributed by atoms with E-state index in [1.807, 2.05) is 12.1 Å². The molecule has 5 heteroatoms. The summed E-state index contributed by atoms with van der Waals surface area (Å²) in [4.78, 5) is 15.8. The molecule has 3 rings (SSSR count). The van der Waals surface area contributed by atoms with Gasteiger partial charge in [0.25, 0.3) is 0 Å². The average Bonchev–Trinajstić information content (AvgIpc) is 2.53. The lowest BCUT2D eigenvalue weighted by Gasteiger charge is -2.21. The fraction of sp³-hybridized carbons (Fsp3) is 0.250. The number of fused-ring (bicyclic) bond motifs is 1.